The fourth-order valence-electron chi connectivity index (χ4n) is 4.17. The minimum atomic E-state index is -1.04. The first kappa shape index (κ1) is 19.2. The molecule has 0 radical (unpaired) electrons. The van der Waals surface area contributed by atoms with Crippen molar-refractivity contribution in [1.29, 1.82) is 0 Å². The van der Waals surface area contributed by atoms with E-state index in [0.717, 1.165) is 42.6 Å². The predicted molar refractivity (Wildman–Crippen MR) is 110 cm³/mol. The first-order valence-electron chi connectivity index (χ1n) is 9.91. The van der Waals surface area contributed by atoms with E-state index in [0.29, 0.717) is 12.5 Å². The number of hydrogen-bond acceptors (Lipinski definition) is 5. The van der Waals surface area contributed by atoms with Gasteiger partial charge in [-0.15, -0.1) is 0 Å². The third kappa shape index (κ3) is 3.50. The van der Waals surface area contributed by atoms with E-state index in [1.807, 2.05) is 42.3 Å². The highest BCUT2D eigenvalue weighted by Crippen LogP contribution is 2.35. The number of likely N-dealkylation sites (tertiary alicyclic amines) is 1. The fourth-order valence-corrected chi connectivity index (χ4v) is 4.17. The monoisotopic (exact) mass is 394 g/mol. The summed E-state index contributed by atoms with van der Waals surface area (Å²) in [6.07, 6.45) is 5.29. The van der Waals surface area contributed by atoms with Gasteiger partial charge in [0.05, 0.1) is 6.20 Å². The highest BCUT2D eigenvalue weighted by molar-refractivity contribution is 6.07. The molecule has 0 saturated carbocycles. The number of piperidine rings is 1. The Labute approximate surface area is 169 Å². The van der Waals surface area contributed by atoms with Gasteiger partial charge in [-0.2, -0.15) is 5.10 Å². The summed E-state index contributed by atoms with van der Waals surface area (Å²) in [5, 5.41) is 6.80. The van der Waals surface area contributed by atoms with Gasteiger partial charge in [-0.3, -0.25) is 19.6 Å². The standard InChI is InChI=1S/C21H26N6O2/c1-14(28)26-8-6-15(7-9-26)13-27-19(29)21(2,25-20(27)22)18-5-3-4-16(10-18)17-11-23-24-12-17/h3-5,10-12,15H,6-9,13H2,1-2H3,(H2,22,25)(H,23,24). The molecule has 1 atom stereocenters. The summed E-state index contributed by atoms with van der Waals surface area (Å²) in [4.78, 5) is 32.9. The van der Waals surface area contributed by atoms with Crippen LogP contribution in [-0.2, 0) is 15.1 Å². The predicted octanol–water partition coefficient (Wildman–Crippen LogP) is 1.71. The number of nitrogens with one attached hydrogen (secondary N) is 1. The second-order valence-electron chi connectivity index (χ2n) is 7.98. The van der Waals surface area contributed by atoms with Gasteiger partial charge >= 0.3 is 0 Å². The van der Waals surface area contributed by atoms with Crippen LogP contribution in [0, 0.1) is 5.92 Å². The lowest BCUT2D eigenvalue weighted by atomic mass is 9.89. The average molecular weight is 394 g/mol. The summed E-state index contributed by atoms with van der Waals surface area (Å²) in [6, 6.07) is 7.77. The molecule has 1 aromatic carbocycles. The molecule has 29 heavy (non-hydrogen) atoms. The van der Waals surface area contributed by atoms with E-state index < -0.39 is 5.54 Å². The van der Waals surface area contributed by atoms with Gasteiger partial charge in [0.2, 0.25) is 5.91 Å². The van der Waals surface area contributed by atoms with Crippen molar-refractivity contribution >= 4 is 17.8 Å². The van der Waals surface area contributed by atoms with E-state index in [1.165, 1.54) is 0 Å². The lowest BCUT2D eigenvalue weighted by Gasteiger charge is -2.33. The van der Waals surface area contributed by atoms with Crippen molar-refractivity contribution in [2.45, 2.75) is 32.2 Å². The van der Waals surface area contributed by atoms with Crippen molar-refractivity contribution in [1.82, 2.24) is 20.0 Å². The fraction of sp³-hybridized carbons (Fsp3) is 0.429. The molecule has 1 aromatic heterocycles. The molecule has 0 aliphatic carbocycles. The number of guanidine groups is 1. The van der Waals surface area contributed by atoms with Crippen molar-refractivity contribution in [3.8, 4) is 11.1 Å². The lowest BCUT2D eigenvalue weighted by Crippen LogP contribution is -2.46. The Morgan fingerprint density at radius 1 is 1.31 bits per heavy atom. The van der Waals surface area contributed by atoms with Gasteiger partial charge in [0.1, 0.15) is 0 Å². The van der Waals surface area contributed by atoms with Gasteiger partial charge in [0.25, 0.3) is 5.91 Å². The van der Waals surface area contributed by atoms with Crippen LogP contribution in [0.25, 0.3) is 11.1 Å². The Hall–Kier alpha value is -3.16. The number of benzene rings is 1. The smallest absolute Gasteiger partial charge is 0.261 e. The SMILES string of the molecule is CC(=O)N1CCC(CN2C(=O)C(C)(c3cccc(-c4cn[nH]c4)c3)N=C2N)CC1. The first-order valence-corrected chi connectivity index (χ1v) is 9.91. The van der Waals surface area contributed by atoms with E-state index >= 15 is 0 Å². The molecule has 0 spiro atoms. The van der Waals surface area contributed by atoms with E-state index in [2.05, 4.69) is 15.2 Å². The molecule has 2 amide bonds. The highest BCUT2D eigenvalue weighted by Gasteiger charge is 2.46. The molecule has 3 heterocycles. The Kier molecular flexibility index (Phi) is 4.86. The van der Waals surface area contributed by atoms with Gasteiger partial charge in [-0.25, -0.2) is 4.99 Å². The number of nitrogens with two attached hydrogens (primary N) is 1. The van der Waals surface area contributed by atoms with Crippen LogP contribution in [0.15, 0.2) is 41.7 Å². The Morgan fingerprint density at radius 3 is 2.72 bits per heavy atom. The van der Waals surface area contributed by atoms with Crippen molar-refractivity contribution in [2.24, 2.45) is 16.6 Å². The van der Waals surface area contributed by atoms with Crippen molar-refractivity contribution in [3.63, 3.8) is 0 Å². The number of aliphatic imine (C=N–C) groups is 1. The molecule has 2 aliphatic heterocycles. The van der Waals surface area contributed by atoms with Crippen LogP contribution in [0.2, 0.25) is 0 Å². The average Bonchev–Trinajstić information content (AvgIpc) is 3.33. The largest absolute Gasteiger partial charge is 0.369 e. The second kappa shape index (κ2) is 7.35. The van der Waals surface area contributed by atoms with Crippen LogP contribution in [-0.4, -0.2) is 57.4 Å². The minimum absolute atomic E-state index is 0.103. The van der Waals surface area contributed by atoms with Gasteiger partial charge in [-0.05, 0) is 42.9 Å². The minimum Gasteiger partial charge on any atom is -0.369 e. The molecule has 2 aromatic rings. The zero-order valence-corrected chi connectivity index (χ0v) is 16.8. The topological polar surface area (TPSA) is 108 Å². The maximum atomic E-state index is 13.3. The summed E-state index contributed by atoms with van der Waals surface area (Å²) < 4.78 is 0. The molecule has 8 heteroatoms. The normalized spacial score (nSPS) is 22.8. The third-order valence-corrected chi connectivity index (χ3v) is 6.03. The van der Waals surface area contributed by atoms with Gasteiger partial charge in [0, 0.05) is 38.3 Å². The first-order chi connectivity index (χ1) is 13.9. The van der Waals surface area contributed by atoms with E-state index in [9.17, 15) is 9.59 Å². The number of aromatic nitrogens is 2. The zero-order chi connectivity index (χ0) is 20.6. The molecule has 152 valence electrons. The van der Waals surface area contributed by atoms with Gasteiger partial charge in [0.15, 0.2) is 11.5 Å². The third-order valence-electron chi connectivity index (χ3n) is 6.03. The summed E-state index contributed by atoms with van der Waals surface area (Å²) >= 11 is 0. The summed E-state index contributed by atoms with van der Waals surface area (Å²) in [5.74, 6) is 0.573. The van der Waals surface area contributed by atoms with Gasteiger partial charge < -0.3 is 10.6 Å². The van der Waals surface area contributed by atoms with Gasteiger partial charge in [-0.1, -0.05) is 18.2 Å². The number of hydrogen-bond donors (Lipinski definition) is 2. The van der Waals surface area contributed by atoms with Crippen LogP contribution in [0.1, 0.15) is 32.3 Å². The highest BCUT2D eigenvalue weighted by atomic mass is 16.2. The number of H-pyrrole nitrogens is 1. The summed E-state index contributed by atoms with van der Waals surface area (Å²) in [7, 11) is 0. The Morgan fingerprint density at radius 2 is 2.07 bits per heavy atom. The second-order valence-corrected chi connectivity index (χ2v) is 7.98. The maximum Gasteiger partial charge on any atom is 0.261 e. The summed E-state index contributed by atoms with van der Waals surface area (Å²) in [5.41, 5.74) is 7.87. The van der Waals surface area contributed by atoms with E-state index in [1.54, 1.807) is 18.0 Å². The quantitative estimate of drug-likeness (QED) is 0.823. The molecular formula is C21H26N6O2. The number of amides is 2. The molecule has 3 N–H and O–H groups in total. The van der Waals surface area contributed by atoms with Crippen LogP contribution >= 0.6 is 0 Å². The number of carbonyl (C=O) groups excluding carboxylic acids is 2. The molecule has 2 aliphatic rings. The molecular weight excluding hydrogens is 368 g/mol. The van der Waals surface area contributed by atoms with Crippen molar-refractivity contribution < 1.29 is 9.59 Å². The molecule has 1 fully saturated rings. The number of carbonyl (C=O) groups is 2. The number of rotatable bonds is 4. The van der Waals surface area contributed by atoms with Crippen LogP contribution in [0.3, 0.4) is 0 Å². The van der Waals surface area contributed by atoms with Crippen molar-refractivity contribution in [3.05, 3.63) is 42.2 Å². The Balaban J connectivity index is 1.51. The van der Waals surface area contributed by atoms with E-state index in [4.69, 9.17) is 5.73 Å². The molecule has 0 bridgehead atoms. The number of aromatic amines is 1. The number of nitrogens with zero attached hydrogens (tertiary/aromatic N) is 4. The maximum absolute atomic E-state index is 13.3. The summed E-state index contributed by atoms with van der Waals surface area (Å²) in [6.45, 7) is 5.40. The molecule has 1 unspecified atom stereocenters. The molecule has 1 saturated heterocycles. The lowest BCUT2D eigenvalue weighted by molar-refractivity contribution is -0.133. The molecule has 8 nitrogen and oxygen atoms in total. The zero-order valence-electron chi connectivity index (χ0n) is 16.8. The Bertz CT molecular complexity index is 946. The van der Waals surface area contributed by atoms with E-state index in [-0.39, 0.29) is 17.8 Å². The molecule has 4 rings (SSSR count). The van der Waals surface area contributed by atoms with Crippen LogP contribution in [0.4, 0.5) is 0 Å². The van der Waals surface area contributed by atoms with Crippen LogP contribution in [0.5, 0.6) is 0 Å². The van der Waals surface area contributed by atoms with Crippen molar-refractivity contribution in [2.75, 3.05) is 19.6 Å². The van der Waals surface area contributed by atoms with Crippen LogP contribution < -0.4 is 5.73 Å².